The van der Waals surface area contributed by atoms with Gasteiger partial charge in [0.2, 0.25) is 0 Å². The van der Waals surface area contributed by atoms with Gasteiger partial charge in [-0.1, -0.05) is 46.3 Å². The van der Waals surface area contributed by atoms with Crippen LogP contribution in [0.2, 0.25) is 0 Å². The van der Waals surface area contributed by atoms with Gasteiger partial charge >= 0.3 is 5.97 Å². The van der Waals surface area contributed by atoms with Crippen LogP contribution in [-0.2, 0) is 9.53 Å². The van der Waals surface area contributed by atoms with Gasteiger partial charge in [-0.15, -0.1) is 0 Å². The van der Waals surface area contributed by atoms with E-state index < -0.39 is 0 Å². The van der Waals surface area contributed by atoms with Crippen LogP contribution in [-0.4, -0.2) is 12.1 Å². The first-order valence-electron chi connectivity index (χ1n) is 14.4. The molecule has 0 saturated heterocycles. The Bertz CT molecular complexity index is 737. The number of hydrogen-bond acceptors (Lipinski definition) is 2. The molecule has 0 heterocycles. The van der Waals surface area contributed by atoms with Crippen molar-refractivity contribution in [3.05, 3.63) is 11.6 Å². The molecule has 0 aromatic rings. The van der Waals surface area contributed by atoms with Crippen molar-refractivity contribution < 1.29 is 9.53 Å². The third-order valence-electron chi connectivity index (χ3n) is 11.7. The average Bonchev–Trinajstić information content (AvgIpc) is 3.11. The highest BCUT2D eigenvalue weighted by Gasteiger charge is 2.60. The summed E-state index contributed by atoms with van der Waals surface area (Å²) in [7, 11) is 0. The van der Waals surface area contributed by atoms with Crippen molar-refractivity contribution in [3.8, 4) is 0 Å². The summed E-state index contributed by atoms with van der Waals surface area (Å²) in [6.45, 7) is 16.4. The number of ether oxygens (including phenoxy) is 1. The maximum absolute atomic E-state index is 11.5. The first-order valence-corrected chi connectivity index (χ1v) is 14.4. The lowest BCUT2D eigenvalue weighted by molar-refractivity contribution is -0.160. The zero-order valence-electron chi connectivity index (χ0n) is 22.8. The SMILES string of the molecule is CC=C(CCC(C)C1CCC2C3CCC4CC(OC(C)=O)CCC4(C)C3CCC12C)C(C)C. The summed E-state index contributed by atoms with van der Waals surface area (Å²) in [6.07, 6.45) is 17.3. The van der Waals surface area contributed by atoms with E-state index in [9.17, 15) is 4.79 Å². The number of allylic oxidation sites excluding steroid dienone is 2. The molecule has 0 N–H and O–H groups in total. The fraction of sp³-hybridized carbons (Fsp3) is 0.903. The van der Waals surface area contributed by atoms with Crippen molar-refractivity contribution in [2.24, 2.45) is 52.3 Å². The molecule has 0 aliphatic heterocycles. The van der Waals surface area contributed by atoms with Crippen LogP contribution >= 0.6 is 0 Å². The Morgan fingerprint density at radius 2 is 1.67 bits per heavy atom. The van der Waals surface area contributed by atoms with Gasteiger partial charge in [-0.05, 0) is 130 Å². The van der Waals surface area contributed by atoms with Crippen LogP contribution in [0.5, 0.6) is 0 Å². The van der Waals surface area contributed by atoms with Gasteiger partial charge in [-0.2, -0.15) is 0 Å². The predicted molar refractivity (Wildman–Crippen MR) is 138 cm³/mol. The summed E-state index contributed by atoms with van der Waals surface area (Å²) in [4.78, 5) is 11.5. The molecule has 4 aliphatic carbocycles. The monoisotopic (exact) mass is 456 g/mol. The molecule has 0 spiro atoms. The van der Waals surface area contributed by atoms with Crippen molar-refractivity contribution in [2.75, 3.05) is 0 Å². The Balaban J connectivity index is 1.43. The van der Waals surface area contributed by atoms with E-state index in [1.165, 1.54) is 57.8 Å². The number of fused-ring (bicyclic) bond motifs is 5. The van der Waals surface area contributed by atoms with E-state index in [1.807, 2.05) is 0 Å². The smallest absolute Gasteiger partial charge is 0.302 e. The molecule has 2 nitrogen and oxygen atoms in total. The van der Waals surface area contributed by atoms with E-state index in [0.717, 1.165) is 48.3 Å². The van der Waals surface area contributed by atoms with Crippen molar-refractivity contribution in [3.63, 3.8) is 0 Å². The second-order valence-electron chi connectivity index (χ2n) is 13.4. The molecule has 9 atom stereocenters. The predicted octanol–water partition coefficient (Wildman–Crippen LogP) is 8.60. The fourth-order valence-corrected chi connectivity index (χ4v) is 9.90. The molecule has 0 bridgehead atoms. The molecule has 4 fully saturated rings. The zero-order chi connectivity index (χ0) is 24.0. The highest BCUT2D eigenvalue weighted by atomic mass is 16.5. The van der Waals surface area contributed by atoms with Gasteiger partial charge in [0.15, 0.2) is 0 Å². The topological polar surface area (TPSA) is 26.3 Å². The zero-order valence-corrected chi connectivity index (χ0v) is 22.8. The molecule has 0 aromatic heterocycles. The molecule has 0 radical (unpaired) electrons. The summed E-state index contributed by atoms with van der Waals surface area (Å²) in [5.74, 6) is 5.90. The number of carbonyl (C=O) groups is 1. The van der Waals surface area contributed by atoms with Crippen LogP contribution in [0.15, 0.2) is 11.6 Å². The highest BCUT2D eigenvalue weighted by molar-refractivity contribution is 5.66. The van der Waals surface area contributed by atoms with Crippen LogP contribution in [0.1, 0.15) is 119 Å². The van der Waals surface area contributed by atoms with E-state index in [0.29, 0.717) is 16.7 Å². The number of esters is 1. The minimum Gasteiger partial charge on any atom is -0.463 e. The minimum atomic E-state index is -0.0909. The van der Waals surface area contributed by atoms with E-state index in [-0.39, 0.29) is 12.1 Å². The molecule has 4 rings (SSSR count). The summed E-state index contributed by atoms with van der Waals surface area (Å²) in [5.41, 5.74) is 2.69. The Kier molecular flexibility index (Phi) is 7.43. The van der Waals surface area contributed by atoms with Crippen LogP contribution in [0.3, 0.4) is 0 Å². The van der Waals surface area contributed by atoms with Crippen LogP contribution in [0.25, 0.3) is 0 Å². The molecular weight excluding hydrogens is 404 g/mol. The molecule has 4 aliphatic rings. The lowest BCUT2D eigenvalue weighted by Crippen LogP contribution is -2.54. The number of hydrogen-bond donors (Lipinski definition) is 0. The highest BCUT2D eigenvalue weighted by Crippen LogP contribution is 2.68. The van der Waals surface area contributed by atoms with Crippen molar-refractivity contribution in [2.45, 2.75) is 125 Å². The second kappa shape index (κ2) is 9.69. The molecule has 9 unspecified atom stereocenters. The van der Waals surface area contributed by atoms with Gasteiger partial charge in [0.05, 0.1) is 0 Å². The molecule has 4 saturated carbocycles. The summed E-state index contributed by atoms with van der Waals surface area (Å²) < 4.78 is 5.67. The van der Waals surface area contributed by atoms with Crippen LogP contribution < -0.4 is 0 Å². The van der Waals surface area contributed by atoms with Crippen LogP contribution in [0.4, 0.5) is 0 Å². The summed E-state index contributed by atoms with van der Waals surface area (Å²) in [5, 5.41) is 0. The average molecular weight is 457 g/mol. The van der Waals surface area contributed by atoms with Crippen LogP contribution in [0, 0.1) is 52.3 Å². The number of rotatable bonds is 6. The minimum absolute atomic E-state index is 0.0909. The standard InChI is InChI=1S/C31H52O2/c1-8-23(20(2)3)10-9-21(4)27-13-14-28-26-12-11-24-19-25(33-22(5)32)15-17-30(24,6)29(26)16-18-31(27,28)7/h8,20-21,24-29H,9-19H2,1-7H3. The Morgan fingerprint density at radius 3 is 2.33 bits per heavy atom. The van der Waals surface area contributed by atoms with E-state index in [1.54, 1.807) is 12.5 Å². The van der Waals surface area contributed by atoms with Crippen molar-refractivity contribution in [1.29, 1.82) is 0 Å². The third kappa shape index (κ3) is 4.58. The van der Waals surface area contributed by atoms with E-state index in [4.69, 9.17) is 4.74 Å². The van der Waals surface area contributed by atoms with Crippen molar-refractivity contribution in [1.82, 2.24) is 0 Å². The maximum atomic E-state index is 11.5. The Hall–Kier alpha value is -0.790. The molecule has 33 heavy (non-hydrogen) atoms. The van der Waals surface area contributed by atoms with Gasteiger partial charge in [-0.3, -0.25) is 4.79 Å². The normalized spacial score (nSPS) is 44.1. The molecule has 188 valence electrons. The first-order chi connectivity index (χ1) is 15.6. The Morgan fingerprint density at radius 1 is 0.970 bits per heavy atom. The quantitative estimate of drug-likeness (QED) is 0.295. The third-order valence-corrected chi connectivity index (χ3v) is 11.7. The fourth-order valence-electron chi connectivity index (χ4n) is 9.90. The van der Waals surface area contributed by atoms with Gasteiger partial charge in [0.25, 0.3) is 0 Å². The Labute approximate surface area is 204 Å². The molecular formula is C31H52O2. The van der Waals surface area contributed by atoms with Crippen molar-refractivity contribution >= 4 is 5.97 Å². The van der Waals surface area contributed by atoms with Gasteiger partial charge < -0.3 is 4.74 Å². The summed E-state index contributed by atoms with van der Waals surface area (Å²) >= 11 is 0. The molecule has 0 amide bonds. The molecule has 0 aromatic carbocycles. The lowest BCUT2D eigenvalue weighted by atomic mass is 9.44. The van der Waals surface area contributed by atoms with Gasteiger partial charge in [-0.25, -0.2) is 0 Å². The summed E-state index contributed by atoms with van der Waals surface area (Å²) in [6, 6.07) is 0. The van der Waals surface area contributed by atoms with E-state index >= 15 is 0 Å². The van der Waals surface area contributed by atoms with Gasteiger partial charge in [0.1, 0.15) is 6.10 Å². The number of carbonyl (C=O) groups excluding carboxylic acids is 1. The van der Waals surface area contributed by atoms with Gasteiger partial charge in [0, 0.05) is 6.92 Å². The van der Waals surface area contributed by atoms with E-state index in [2.05, 4.69) is 47.6 Å². The first kappa shape index (κ1) is 25.3. The molecule has 2 heteroatoms. The second-order valence-corrected chi connectivity index (χ2v) is 13.4. The largest absolute Gasteiger partial charge is 0.463 e. The maximum Gasteiger partial charge on any atom is 0.302 e. The lowest BCUT2D eigenvalue weighted by Gasteiger charge is -2.61.